The van der Waals surface area contributed by atoms with Gasteiger partial charge >= 0.3 is 11.8 Å². The molecule has 2 aromatic carbocycles. The number of allylic oxidation sites excluding steroid dienone is 3. The number of ether oxygens (including phenoxy) is 4. The second kappa shape index (κ2) is 14.9. The molecule has 7 atom stereocenters. The third kappa shape index (κ3) is 7.19. The topological polar surface area (TPSA) is 198 Å². The number of aldehydes is 1. The Bertz CT molecular complexity index is 1790. The van der Waals surface area contributed by atoms with E-state index in [2.05, 4.69) is 5.32 Å². The molecule has 3 heterocycles. The SMILES string of the molecule is CO[C@H]1/C=C/O[C@@]2(C)Oc3c(C)c(O)c4c(O)c(c(C=O)c(O)c4c3C2=O)NC(=O)/C(C)=C\C=C\C(C)C[C@@H](C)[C@@H](O)C(C)C(OC(C)=O)C1. The number of aliphatic hydroxyl groups excluding tert-OH is 1. The van der Waals surface area contributed by atoms with Crippen molar-refractivity contribution in [1.82, 2.24) is 0 Å². The highest BCUT2D eigenvalue weighted by Gasteiger charge is 2.49. The summed E-state index contributed by atoms with van der Waals surface area (Å²) in [7, 11) is 1.44. The molecule has 0 radical (unpaired) electrons. The zero-order valence-electron chi connectivity index (χ0n) is 29.4. The normalized spacial score (nSPS) is 30.1. The molecule has 3 aliphatic rings. The number of phenolic OH excluding ortho intramolecular Hbond substituents is 3. The first-order valence-corrected chi connectivity index (χ1v) is 16.3. The quantitative estimate of drug-likeness (QED) is 0.120. The van der Waals surface area contributed by atoms with E-state index in [0.29, 0.717) is 6.42 Å². The van der Waals surface area contributed by atoms with E-state index in [-0.39, 0.29) is 57.8 Å². The number of rotatable bonds is 3. The molecular formula is C37H45NO12. The van der Waals surface area contributed by atoms with Crippen molar-refractivity contribution in [2.75, 3.05) is 12.4 Å². The van der Waals surface area contributed by atoms with Gasteiger partial charge in [-0.2, -0.15) is 0 Å². The summed E-state index contributed by atoms with van der Waals surface area (Å²) < 4.78 is 23.0. The van der Waals surface area contributed by atoms with Crippen LogP contribution in [0.4, 0.5) is 5.69 Å². The first-order chi connectivity index (χ1) is 23.5. The first-order valence-electron chi connectivity index (χ1n) is 16.3. The maximum atomic E-state index is 14.0. The average Bonchev–Trinajstić information content (AvgIpc) is 3.32. The number of ketones is 1. The number of benzene rings is 2. The van der Waals surface area contributed by atoms with E-state index in [1.54, 1.807) is 13.0 Å². The molecular weight excluding hydrogens is 650 g/mol. The standard InChI is InChI=1S/C37H45NO12/c1-17-10-9-11-18(2)36(46)38-29-24(16-39)32(43)26-27(33(29)44)31(42)21(5)34-28(26)35(45)37(7,50-34)48-13-12-23(47-8)15-25(49-22(6)40)20(4)30(41)19(3)14-17/h9-13,16-17,19-20,23,25,30,41-44H,14-15H2,1-8H3,(H,38,46)/b10-9+,13-12+,18-11-/t17?,19-,20?,23+,25?,30-,37+/m1/s1. The van der Waals surface area contributed by atoms with Crippen LogP contribution in [-0.4, -0.2) is 75.6 Å². The van der Waals surface area contributed by atoms with Gasteiger partial charge in [0.15, 0.2) is 12.0 Å². The Balaban J connectivity index is 1.89. The largest absolute Gasteiger partial charge is 0.507 e. The monoisotopic (exact) mass is 695 g/mol. The Labute approximate surface area is 290 Å². The summed E-state index contributed by atoms with van der Waals surface area (Å²) in [5, 5.41) is 46.9. The van der Waals surface area contributed by atoms with Crippen molar-refractivity contribution in [3.63, 3.8) is 0 Å². The summed E-state index contributed by atoms with van der Waals surface area (Å²) in [5.74, 6) is -7.10. The Hall–Kier alpha value is -4.88. The third-order valence-corrected chi connectivity index (χ3v) is 9.45. The number of esters is 1. The lowest BCUT2D eigenvalue weighted by Crippen LogP contribution is -2.39. The maximum Gasteiger partial charge on any atom is 0.312 e. The number of aromatic hydroxyl groups is 3. The van der Waals surface area contributed by atoms with Crippen LogP contribution in [0.15, 0.2) is 36.1 Å². The number of phenols is 3. The van der Waals surface area contributed by atoms with Crippen LogP contribution in [0.2, 0.25) is 0 Å². The molecule has 0 aromatic heterocycles. The maximum absolute atomic E-state index is 14.0. The minimum Gasteiger partial charge on any atom is -0.507 e. The lowest BCUT2D eigenvalue weighted by atomic mass is 9.83. The molecule has 3 unspecified atom stereocenters. The number of carbonyl (C=O) groups is 4. The number of hydrogen-bond acceptors (Lipinski definition) is 12. The van der Waals surface area contributed by atoms with E-state index in [9.17, 15) is 39.6 Å². The molecule has 5 bridgehead atoms. The smallest absolute Gasteiger partial charge is 0.312 e. The van der Waals surface area contributed by atoms with Crippen molar-refractivity contribution in [2.45, 2.75) is 85.4 Å². The Morgan fingerprint density at radius 2 is 1.72 bits per heavy atom. The van der Waals surface area contributed by atoms with E-state index < -0.39 is 76.2 Å². The van der Waals surface area contributed by atoms with E-state index in [1.807, 2.05) is 19.9 Å². The highest BCUT2D eigenvalue weighted by Crippen LogP contribution is 2.55. The van der Waals surface area contributed by atoms with Crippen LogP contribution in [0.3, 0.4) is 0 Å². The Morgan fingerprint density at radius 1 is 1.04 bits per heavy atom. The van der Waals surface area contributed by atoms with Crippen LogP contribution in [-0.2, 0) is 23.8 Å². The highest BCUT2D eigenvalue weighted by atomic mass is 16.7. The zero-order chi connectivity index (χ0) is 37.2. The van der Waals surface area contributed by atoms with Gasteiger partial charge in [0.25, 0.3) is 11.7 Å². The molecule has 0 spiro atoms. The molecule has 0 aliphatic carbocycles. The lowest BCUT2D eigenvalue weighted by molar-refractivity contribution is -0.154. The molecule has 5 N–H and O–H groups in total. The van der Waals surface area contributed by atoms with Gasteiger partial charge in [-0.05, 0) is 38.2 Å². The van der Waals surface area contributed by atoms with Gasteiger partial charge < -0.3 is 44.7 Å². The van der Waals surface area contributed by atoms with Gasteiger partial charge in [-0.1, -0.05) is 39.0 Å². The minimum absolute atomic E-state index is 0.0182. The molecule has 50 heavy (non-hydrogen) atoms. The fraction of sp³-hybridized carbons (Fsp3) is 0.459. The minimum atomic E-state index is -2.03. The summed E-state index contributed by atoms with van der Waals surface area (Å²) in [6.07, 6.45) is 6.28. The number of aliphatic hydroxyl groups is 1. The Morgan fingerprint density at radius 3 is 2.34 bits per heavy atom. The van der Waals surface area contributed by atoms with Crippen molar-refractivity contribution in [1.29, 1.82) is 0 Å². The van der Waals surface area contributed by atoms with Gasteiger partial charge in [0, 0.05) is 49.8 Å². The van der Waals surface area contributed by atoms with E-state index in [0.717, 1.165) is 0 Å². The fourth-order valence-corrected chi connectivity index (χ4v) is 6.49. The predicted octanol–water partition coefficient (Wildman–Crippen LogP) is 5.35. The average molecular weight is 696 g/mol. The highest BCUT2D eigenvalue weighted by molar-refractivity contribution is 6.23. The van der Waals surface area contributed by atoms with Crippen molar-refractivity contribution >= 4 is 40.4 Å². The number of methoxy groups -OCH3 is 1. The summed E-state index contributed by atoms with van der Waals surface area (Å²) in [4.78, 5) is 51.5. The van der Waals surface area contributed by atoms with Crippen molar-refractivity contribution < 1.29 is 58.6 Å². The third-order valence-electron chi connectivity index (χ3n) is 9.45. The number of nitrogens with one attached hydrogen (secondary N) is 1. The van der Waals surface area contributed by atoms with Gasteiger partial charge in [0.05, 0.1) is 40.7 Å². The fourth-order valence-electron chi connectivity index (χ4n) is 6.49. The molecule has 270 valence electrons. The first kappa shape index (κ1) is 37.9. The predicted molar refractivity (Wildman–Crippen MR) is 183 cm³/mol. The molecule has 1 amide bonds. The van der Waals surface area contributed by atoms with E-state index in [1.165, 1.54) is 53.2 Å². The van der Waals surface area contributed by atoms with Crippen LogP contribution >= 0.6 is 0 Å². The molecule has 5 rings (SSSR count). The number of amides is 1. The molecule has 13 nitrogen and oxygen atoms in total. The van der Waals surface area contributed by atoms with Crippen molar-refractivity contribution in [3.05, 3.63) is 52.8 Å². The summed E-state index contributed by atoms with van der Waals surface area (Å²) >= 11 is 0. The van der Waals surface area contributed by atoms with Crippen LogP contribution < -0.4 is 10.1 Å². The van der Waals surface area contributed by atoms with E-state index in [4.69, 9.17) is 18.9 Å². The molecule has 2 aromatic rings. The van der Waals surface area contributed by atoms with Gasteiger partial charge in [-0.3, -0.25) is 19.2 Å². The second-order valence-corrected chi connectivity index (χ2v) is 13.2. The summed E-state index contributed by atoms with van der Waals surface area (Å²) in [5.41, 5.74) is -1.07. The number of anilines is 1. The van der Waals surface area contributed by atoms with Crippen molar-refractivity contribution in [3.8, 4) is 23.0 Å². The zero-order valence-corrected chi connectivity index (χ0v) is 29.4. The second-order valence-electron chi connectivity index (χ2n) is 13.2. The van der Waals surface area contributed by atoms with Crippen LogP contribution in [0.5, 0.6) is 23.0 Å². The molecule has 0 fully saturated rings. The number of Topliss-reactive ketones (excluding diaryl/α,β-unsaturated/α-hetero) is 1. The molecule has 0 saturated heterocycles. The van der Waals surface area contributed by atoms with Crippen LogP contribution in [0, 0.1) is 24.7 Å². The lowest BCUT2D eigenvalue weighted by Gasteiger charge is -2.33. The Kier molecular flexibility index (Phi) is 11.3. The van der Waals surface area contributed by atoms with Crippen LogP contribution in [0.25, 0.3) is 10.8 Å². The number of hydrogen-bond donors (Lipinski definition) is 5. The molecule has 3 aliphatic heterocycles. The summed E-state index contributed by atoms with van der Waals surface area (Å²) in [6, 6.07) is 0. The van der Waals surface area contributed by atoms with Gasteiger partial charge in [-0.15, -0.1) is 0 Å². The van der Waals surface area contributed by atoms with Gasteiger partial charge in [0.1, 0.15) is 23.4 Å². The van der Waals surface area contributed by atoms with Gasteiger partial charge in [-0.25, -0.2) is 0 Å². The number of carbonyl (C=O) groups excluding carboxylic acids is 4. The van der Waals surface area contributed by atoms with Crippen molar-refractivity contribution in [2.24, 2.45) is 17.8 Å². The number of fused-ring (bicyclic) bond motifs is 14. The molecule has 0 saturated carbocycles. The summed E-state index contributed by atoms with van der Waals surface area (Å²) in [6.45, 7) is 11.1. The van der Waals surface area contributed by atoms with Crippen LogP contribution in [0.1, 0.15) is 80.7 Å². The van der Waals surface area contributed by atoms with Gasteiger partial charge in [0.2, 0.25) is 0 Å². The van der Waals surface area contributed by atoms with E-state index >= 15 is 0 Å². The molecule has 13 heteroatoms.